The van der Waals surface area contributed by atoms with E-state index < -0.39 is 15.8 Å². The first-order valence-corrected chi connectivity index (χ1v) is 8.00. The normalized spacial score (nSPS) is 23.6. The molecule has 2 N–H and O–H groups in total. The van der Waals surface area contributed by atoms with Crippen LogP contribution < -0.4 is 14.8 Å². The molecule has 20 heavy (non-hydrogen) atoms. The number of piperidine rings is 1. The fraction of sp³-hybridized carbons (Fsp3) is 0.538. The van der Waals surface area contributed by atoms with Crippen molar-refractivity contribution in [2.24, 2.45) is 0 Å². The Morgan fingerprint density at radius 3 is 2.80 bits per heavy atom. The van der Waals surface area contributed by atoms with Crippen LogP contribution >= 0.6 is 0 Å². The average molecular weight is 302 g/mol. The molecule has 7 heteroatoms. The summed E-state index contributed by atoms with van der Waals surface area (Å²) in [5.41, 5.74) is 0. The molecule has 1 aliphatic heterocycles. The molecule has 0 radical (unpaired) electrons. The second kappa shape index (κ2) is 6.07. The summed E-state index contributed by atoms with van der Waals surface area (Å²) in [5.74, 6) is -0.659. The lowest BCUT2D eigenvalue weighted by Gasteiger charge is -2.28. The van der Waals surface area contributed by atoms with Crippen molar-refractivity contribution < 1.29 is 17.5 Å². The van der Waals surface area contributed by atoms with Gasteiger partial charge in [-0.25, -0.2) is 17.5 Å². The lowest BCUT2D eigenvalue weighted by Crippen LogP contribution is -2.46. The van der Waals surface area contributed by atoms with Crippen molar-refractivity contribution in [3.05, 3.63) is 24.0 Å². The monoisotopic (exact) mass is 302 g/mol. The third-order valence-corrected chi connectivity index (χ3v) is 4.90. The van der Waals surface area contributed by atoms with Crippen LogP contribution in [0.2, 0.25) is 0 Å². The highest BCUT2D eigenvalue weighted by Gasteiger charge is 2.25. The minimum atomic E-state index is -3.70. The van der Waals surface area contributed by atoms with Gasteiger partial charge in [-0.1, -0.05) is 0 Å². The molecule has 2 rings (SSSR count). The van der Waals surface area contributed by atoms with Crippen molar-refractivity contribution in [3.8, 4) is 5.75 Å². The van der Waals surface area contributed by atoms with Gasteiger partial charge in [0.1, 0.15) is 0 Å². The summed E-state index contributed by atoms with van der Waals surface area (Å²) in [4.78, 5) is -0.0815. The van der Waals surface area contributed by atoms with Gasteiger partial charge in [0.2, 0.25) is 10.0 Å². The zero-order valence-electron chi connectivity index (χ0n) is 11.5. The lowest BCUT2D eigenvalue weighted by molar-refractivity contribution is 0.361. The van der Waals surface area contributed by atoms with Crippen LogP contribution in [0.25, 0.3) is 0 Å². The average Bonchev–Trinajstić information content (AvgIpc) is 2.38. The number of ether oxygens (including phenoxy) is 1. The van der Waals surface area contributed by atoms with Gasteiger partial charge in [0.25, 0.3) is 0 Å². The van der Waals surface area contributed by atoms with Crippen LogP contribution in [0.5, 0.6) is 5.75 Å². The predicted molar refractivity (Wildman–Crippen MR) is 73.8 cm³/mol. The van der Waals surface area contributed by atoms with Crippen LogP contribution in [0, 0.1) is 5.82 Å². The van der Waals surface area contributed by atoms with E-state index in [1.165, 1.54) is 19.2 Å². The number of methoxy groups -OCH3 is 1. The van der Waals surface area contributed by atoms with Gasteiger partial charge in [0, 0.05) is 12.1 Å². The zero-order chi connectivity index (χ0) is 14.8. The first-order chi connectivity index (χ1) is 9.42. The van der Waals surface area contributed by atoms with Crippen molar-refractivity contribution >= 4 is 10.0 Å². The number of sulfonamides is 1. The summed E-state index contributed by atoms with van der Waals surface area (Å²) in [6.07, 6.45) is 1.44. The van der Waals surface area contributed by atoms with Gasteiger partial charge in [-0.2, -0.15) is 0 Å². The second-order valence-corrected chi connectivity index (χ2v) is 6.71. The summed E-state index contributed by atoms with van der Waals surface area (Å²) in [5, 5.41) is 3.25. The molecule has 2 atom stereocenters. The van der Waals surface area contributed by atoms with Crippen LogP contribution in [-0.4, -0.2) is 34.2 Å². The molecule has 1 heterocycles. The molecule has 1 aliphatic rings. The van der Waals surface area contributed by atoms with Gasteiger partial charge in [-0.15, -0.1) is 0 Å². The van der Waals surface area contributed by atoms with E-state index in [1.54, 1.807) is 0 Å². The van der Waals surface area contributed by atoms with Crippen molar-refractivity contribution in [2.45, 2.75) is 36.7 Å². The molecule has 0 amide bonds. The van der Waals surface area contributed by atoms with E-state index in [9.17, 15) is 12.8 Å². The van der Waals surface area contributed by atoms with Crippen LogP contribution in [0.15, 0.2) is 23.1 Å². The lowest BCUT2D eigenvalue weighted by atomic mass is 10.0. The molecule has 1 aromatic rings. The number of halogens is 1. The van der Waals surface area contributed by atoms with Gasteiger partial charge < -0.3 is 10.1 Å². The minimum Gasteiger partial charge on any atom is -0.494 e. The molecule has 5 nitrogen and oxygen atoms in total. The van der Waals surface area contributed by atoms with Crippen LogP contribution in [-0.2, 0) is 10.0 Å². The Morgan fingerprint density at radius 1 is 1.45 bits per heavy atom. The SMILES string of the molecule is COc1ccc(S(=O)(=O)NC2CCNC(C)C2)cc1F. The fourth-order valence-corrected chi connectivity index (χ4v) is 3.64. The molecule has 112 valence electrons. The highest BCUT2D eigenvalue weighted by Crippen LogP contribution is 2.21. The maximum absolute atomic E-state index is 13.6. The van der Waals surface area contributed by atoms with Gasteiger partial charge in [0.05, 0.1) is 12.0 Å². The highest BCUT2D eigenvalue weighted by atomic mass is 32.2. The van der Waals surface area contributed by atoms with E-state index in [0.29, 0.717) is 0 Å². The molecule has 0 aromatic heterocycles. The van der Waals surface area contributed by atoms with Crippen LogP contribution in [0.1, 0.15) is 19.8 Å². The summed E-state index contributed by atoms with van der Waals surface area (Å²) < 4.78 is 45.4. The van der Waals surface area contributed by atoms with Crippen molar-refractivity contribution in [3.63, 3.8) is 0 Å². The molecule has 0 bridgehead atoms. The van der Waals surface area contributed by atoms with E-state index in [2.05, 4.69) is 10.0 Å². The first-order valence-electron chi connectivity index (χ1n) is 6.51. The molecular formula is C13H19FN2O3S. The first kappa shape index (κ1) is 15.2. The minimum absolute atomic E-state index is 0.0273. The van der Waals surface area contributed by atoms with Crippen molar-refractivity contribution in [1.29, 1.82) is 0 Å². The standard InChI is InChI=1S/C13H19FN2O3S/c1-9-7-10(5-6-15-9)16-20(17,18)11-3-4-13(19-2)12(14)8-11/h3-4,8-10,15-16H,5-7H2,1-2H3. The van der Waals surface area contributed by atoms with Gasteiger partial charge in [-0.3, -0.25) is 0 Å². The van der Waals surface area contributed by atoms with Crippen molar-refractivity contribution in [1.82, 2.24) is 10.0 Å². The summed E-state index contributed by atoms with van der Waals surface area (Å²) >= 11 is 0. The Labute approximate surface area is 118 Å². The molecule has 1 aromatic carbocycles. The summed E-state index contributed by atoms with van der Waals surface area (Å²) in [6, 6.07) is 3.78. The number of hydrogen-bond acceptors (Lipinski definition) is 4. The maximum Gasteiger partial charge on any atom is 0.240 e. The number of benzene rings is 1. The number of hydrogen-bond donors (Lipinski definition) is 2. The summed E-state index contributed by atoms with van der Waals surface area (Å²) in [6.45, 7) is 2.78. The van der Waals surface area contributed by atoms with E-state index in [-0.39, 0.29) is 22.7 Å². The molecule has 0 spiro atoms. The quantitative estimate of drug-likeness (QED) is 0.878. The second-order valence-electron chi connectivity index (χ2n) is 4.99. The Morgan fingerprint density at radius 2 is 2.20 bits per heavy atom. The maximum atomic E-state index is 13.6. The summed E-state index contributed by atoms with van der Waals surface area (Å²) in [7, 11) is -2.37. The largest absolute Gasteiger partial charge is 0.494 e. The van der Waals surface area contributed by atoms with Crippen molar-refractivity contribution in [2.75, 3.05) is 13.7 Å². The van der Waals surface area contributed by atoms with Crippen LogP contribution in [0.3, 0.4) is 0 Å². The highest BCUT2D eigenvalue weighted by molar-refractivity contribution is 7.89. The Bertz CT molecular complexity index is 577. The van der Waals surface area contributed by atoms with E-state index in [0.717, 1.165) is 25.5 Å². The van der Waals surface area contributed by atoms with Gasteiger partial charge >= 0.3 is 0 Å². The zero-order valence-corrected chi connectivity index (χ0v) is 12.3. The smallest absolute Gasteiger partial charge is 0.240 e. The number of nitrogens with one attached hydrogen (secondary N) is 2. The molecular weight excluding hydrogens is 283 g/mol. The van der Waals surface area contributed by atoms with Gasteiger partial charge in [0.15, 0.2) is 11.6 Å². The third kappa shape index (κ3) is 3.47. The van der Waals surface area contributed by atoms with Crippen LogP contribution in [0.4, 0.5) is 4.39 Å². The topological polar surface area (TPSA) is 67.4 Å². The fourth-order valence-electron chi connectivity index (χ4n) is 2.34. The molecule has 1 saturated heterocycles. The molecule has 0 aliphatic carbocycles. The Kier molecular flexibility index (Phi) is 4.62. The molecule has 2 unspecified atom stereocenters. The molecule has 0 saturated carbocycles. The predicted octanol–water partition coefficient (Wildman–Crippen LogP) is 1.25. The Hall–Kier alpha value is -1.18. The Balaban J connectivity index is 2.15. The van der Waals surface area contributed by atoms with Gasteiger partial charge in [-0.05, 0) is 44.5 Å². The third-order valence-electron chi connectivity index (χ3n) is 3.38. The number of rotatable bonds is 4. The van der Waals surface area contributed by atoms with E-state index >= 15 is 0 Å². The van der Waals surface area contributed by atoms with E-state index in [1.807, 2.05) is 6.92 Å². The molecule has 1 fully saturated rings. The van der Waals surface area contributed by atoms with E-state index in [4.69, 9.17) is 4.74 Å².